The number of piperazine rings is 1. The molecule has 0 spiro atoms. The second-order valence-corrected chi connectivity index (χ2v) is 4.86. The Morgan fingerprint density at radius 3 is 2.35 bits per heavy atom. The van der Waals surface area contributed by atoms with Crippen LogP contribution in [0.5, 0.6) is 0 Å². The van der Waals surface area contributed by atoms with Crippen LogP contribution in [0.15, 0.2) is 0 Å². The quantitative estimate of drug-likeness (QED) is 0.752. The summed E-state index contributed by atoms with van der Waals surface area (Å²) in [6.07, 6.45) is 2.69. The molecule has 1 amide bonds. The smallest absolute Gasteiger partial charge is 0.222 e. The van der Waals surface area contributed by atoms with Crippen LogP contribution in [-0.4, -0.2) is 55.0 Å². The van der Waals surface area contributed by atoms with Crippen molar-refractivity contribution in [2.24, 2.45) is 11.7 Å². The molecule has 0 aliphatic carbocycles. The van der Waals surface area contributed by atoms with Crippen molar-refractivity contribution >= 4 is 5.91 Å². The van der Waals surface area contributed by atoms with Gasteiger partial charge in [-0.1, -0.05) is 20.3 Å². The molecule has 1 heterocycles. The summed E-state index contributed by atoms with van der Waals surface area (Å²) in [5, 5.41) is 0. The third-order valence-electron chi connectivity index (χ3n) is 3.85. The minimum atomic E-state index is 0.313. The maximum Gasteiger partial charge on any atom is 0.222 e. The first kappa shape index (κ1) is 14.5. The van der Waals surface area contributed by atoms with Crippen molar-refractivity contribution in [1.82, 2.24) is 9.80 Å². The average Bonchev–Trinajstić information content (AvgIpc) is 2.39. The summed E-state index contributed by atoms with van der Waals surface area (Å²) in [5.74, 6) is 0.823. The highest BCUT2D eigenvalue weighted by Crippen LogP contribution is 2.11. The number of nitrogens with zero attached hydrogens (tertiary/aromatic N) is 2. The summed E-state index contributed by atoms with van der Waals surface area (Å²) < 4.78 is 0. The number of hydrogen-bond donors (Lipinski definition) is 1. The summed E-state index contributed by atoms with van der Waals surface area (Å²) in [6, 6.07) is 0. The van der Waals surface area contributed by atoms with E-state index in [1.807, 2.05) is 4.90 Å². The fraction of sp³-hybridized carbons (Fsp3) is 0.923. The fourth-order valence-corrected chi connectivity index (χ4v) is 2.29. The standard InChI is InChI=1S/C13H27N3O/c1-3-12(11-14)5-6-13(17)16-9-7-15(4-2)8-10-16/h12H,3-11,14H2,1-2H3. The summed E-state index contributed by atoms with van der Waals surface area (Å²) in [4.78, 5) is 16.4. The second-order valence-electron chi connectivity index (χ2n) is 4.86. The van der Waals surface area contributed by atoms with E-state index in [9.17, 15) is 4.79 Å². The molecule has 1 unspecified atom stereocenters. The van der Waals surface area contributed by atoms with E-state index >= 15 is 0 Å². The van der Waals surface area contributed by atoms with Crippen LogP contribution in [-0.2, 0) is 4.79 Å². The van der Waals surface area contributed by atoms with Crippen molar-refractivity contribution in [3.63, 3.8) is 0 Å². The lowest BCUT2D eigenvalue weighted by molar-refractivity contribution is -0.133. The molecule has 0 aromatic rings. The minimum absolute atomic E-state index is 0.313. The van der Waals surface area contributed by atoms with E-state index < -0.39 is 0 Å². The van der Waals surface area contributed by atoms with E-state index in [4.69, 9.17) is 5.73 Å². The molecule has 17 heavy (non-hydrogen) atoms. The summed E-state index contributed by atoms with van der Waals surface area (Å²) in [7, 11) is 0. The summed E-state index contributed by atoms with van der Waals surface area (Å²) in [5.41, 5.74) is 5.65. The van der Waals surface area contributed by atoms with Crippen LogP contribution < -0.4 is 5.73 Å². The predicted molar refractivity (Wildman–Crippen MR) is 70.8 cm³/mol. The highest BCUT2D eigenvalue weighted by Gasteiger charge is 2.20. The van der Waals surface area contributed by atoms with Gasteiger partial charge >= 0.3 is 0 Å². The Labute approximate surface area is 105 Å². The monoisotopic (exact) mass is 241 g/mol. The van der Waals surface area contributed by atoms with Crippen LogP contribution in [0.2, 0.25) is 0 Å². The van der Waals surface area contributed by atoms with Gasteiger partial charge in [0.1, 0.15) is 0 Å². The van der Waals surface area contributed by atoms with Gasteiger partial charge < -0.3 is 15.5 Å². The van der Waals surface area contributed by atoms with Crippen LogP contribution in [0.25, 0.3) is 0 Å². The molecule has 0 aromatic heterocycles. The topological polar surface area (TPSA) is 49.6 Å². The van der Waals surface area contributed by atoms with E-state index in [1.165, 1.54) is 0 Å². The van der Waals surface area contributed by atoms with Crippen molar-refractivity contribution in [2.45, 2.75) is 33.1 Å². The molecule has 100 valence electrons. The lowest BCUT2D eigenvalue weighted by Crippen LogP contribution is -2.48. The first-order valence-electron chi connectivity index (χ1n) is 6.91. The molecule has 1 atom stereocenters. The third kappa shape index (κ3) is 4.64. The second kappa shape index (κ2) is 7.67. The SMILES string of the molecule is CCC(CN)CCC(=O)N1CCN(CC)CC1. The number of likely N-dealkylation sites (N-methyl/N-ethyl adjacent to an activating group) is 1. The van der Waals surface area contributed by atoms with Crippen LogP contribution in [0.3, 0.4) is 0 Å². The van der Waals surface area contributed by atoms with Crippen LogP contribution in [0, 0.1) is 5.92 Å². The first-order chi connectivity index (χ1) is 8.21. The molecule has 0 saturated carbocycles. The van der Waals surface area contributed by atoms with Crippen LogP contribution in [0.1, 0.15) is 33.1 Å². The Morgan fingerprint density at radius 1 is 1.24 bits per heavy atom. The summed E-state index contributed by atoms with van der Waals surface area (Å²) >= 11 is 0. The lowest BCUT2D eigenvalue weighted by Gasteiger charge is -2.34. The van der Waals surface area contributed by atoms with E-state index in [-0.39, 0.29) is 0 Å². The van der Waals surface area contributed by atoms with Crippen molar-refractivity contribution in [3.05, 3.63) is 0 Å². The van der Waals surface area contributed by atoms with Crippen molar-refractivity contribution in [1.29, 1.82) is 0 Å². The molecule has 1 saturated heterocycles. The van der Waals surface area contributed by atoms with Gasteiger partial charge in [0.15, 0.2) is 0 Å². The number of amides is 1. The van der Waals surface area contributed by atoms with Gasteiger partial charge in [-0.05, 0) is 25.4 Å². The van der Waals surface area contributed by atoms with Gasteiger partial charge in [0, 0.05) is 32.6 Å². The Bertz CT molecular complexity index is 221. The van der Waals surface area contributed by atoms with E-state index in [1.54, 1.807) is 0 Å². The molecule has 0 radical (unpaired) electrons. The van der Waals surface area contributed by atoms with Gasteiger partial charge in [-0.25, -0.2) is 0 Å². The van der Waals surface area contributed by atoms with Crippen molar-refractivity contribution in [3.8, 4) is 0 Å². The largest absolute Gasteiger partial charge is 0.340 e. The maximum atomic E-state index is 12.0. The molecule has 0 bridgehead atoms. The molecule has 1 fully saturated rings. The van der Waals surface area contributed by atoms with Gasteiger partial charge in [-0.3, -0.25) is 4.79 Å². The molecule has 1 aliphatic rings. The normalized spacial score (nSPS) is 19.4. The van der Waals surface area contributed by atoms with Crippen LogP contribution in [0.4, 0.5) is 0 Å². The summed E-state index contributed by atoms with van der Waals surface area (Å²) in [6.45, 7) is 9.94. The predicted octanol–water partition coefficient (Wildman–Crippen LogP) is 0.916. The zero-order chi connectivity index (χ0) is 12.7. The third-order valence-corrected chi connectivity index (χ3v) is 3.85. The molecule has 4 nitrogen and oxygen atoms in total. The Morgan fingerprint density at radius 2 is 1.88 bits per heavy atom. The van der Waals surface area contributed by atoms with Gasteiger partial charge in [-0.15, -0.1) is 0 Å². The zero-order valence-electron chi connectivity index (χ0n) is 11.3. The van der Waals surface area contributed by atoms with Gasteiger partial charge in [0.2, 0.25) is 5.91 Å². The Kier molecular flexibility index (Phi) is 6.52. The molecule has 0 aromatic carbocycles. The Balaban J connectivity index is 2.24. The highest BCUT2D eigenvalue weighted by atomic mass is 16.2. The van der Waals surface area contributed by atoms with Gasteiger partial charge in [-0.2, -0.15) is 0 Å². The van der Waals surface area contributed by atoms with Crippen molar-refractivity contribution in [2.75, 3.05) is 39.3 Å². The van der Waals surface area contributed by atoms with Crippen molar-refractivity contribution < 1.29 is 4.79 Å². The first-order valence-corrected chi connectivity index (χ1v) is 6.91. The van der Waals surface area contributed by atoms with E-state index in [0.29, 0.717) is 24.8 Å². The van der Waals surface area contributed by atoms with Gasteiger partial charge in [0.25, 0.3) is 0 Å². The molecule has 1 aliphatic heterocycles. The maximum absolute atomic E-state index is 12.0. The number of rotatable bonds is 6. The van der Waals surface area contributed by atoms with Gasteiger partial charge in [0.05, 0.1) is 0 Å². The Hall–Kier alpha value is -0.610. The number of carbonyl (C=O) groups is 1. The molecule has 2 N–H and O–H groups in total. The number of hydrogen-bond acceptors (Lipinski definition) is 3. The highest BCUT2D eigenvalue weighted by molar-refractivity contribution is 5.76. The van der Waals surface area contributed by atoms with E-state index in [0.717, 1.165) is 45.6 Å². The van der Waals surface area contributed by atoms with Crippen LogP contribution >= 0.6 is 0 Å². The molecular formula is C13H27N3O. The molecular weight excluding hydrogens is 214 g/mol. The molecule has 4 heteroatoms. The molecule has 1 rings (SSSR count). The number of carbonyl (C=O) groups excluding carboxylic acids is 1. The van der Waals surface area contributed by atoms with E-state index in [2.05, 4.69) is 18.7 Å². The lowest BCUT2D eigenvalue weighted by atomic mass is 10.0. The number of nitrogens with two attached hydrogens (primary N) is 1. The zero-order valence-corrected chi connectivity index (χ0v) is 11.3. The fourth-order valence-electron chi connectivity index (χ4n) is 2.29. The average molecular weight is 241 g/mol. The minimum Gasteiger partial charge on any atom is -0.340 e.